The van der Waals surface area contributed by atoms with Gasteiger partial charge in [0.1, 0.15) is 17.1 Å². The maximum atomic E-state index is 11.2. The van der Waals surface area contributed by atoms with Crippen LogP contribution >= 0.6 is 0 Å². The fourth-order valence-corrected chi connectivity index (χ4v) is 1.54. The molecule has 0 saturated carbocycles. The van der Waals surface area contributed by atoms with Gasteiger partial charge in [-0.05, 0) is 51.8 Å². The molecule has 0 N–H and O–H groups in total. The first kappa shape index (κ1) is 13.8. The van der Waals surface area contributed by atoms with Gasteiger partial charge in [-0.25, -0.2) is 0 Å². The minimum atomic E-state index is -0.172. The highest BCUT2D eigenvalue weighted by Crippen LogP contribution is 2.19. The van der Waals surface area contributed by atoms with Gasteiger partial charge < -0.3 is 4.74 Å². The molecular weight excluding hydrogens is 212 g/mol. The Labute approximate surface area is 104 Å². The van der Waals surface area contributed by atoms with Crippen LogP contribution in [0, 0.1) is 5.92 Å². The van der Waals surface area contributed by atoms with Gasteiger partial charge in [-0.2, -0.15) is 0 Å². The molecule has 0 aromatic heterocycles. The second-order valence-corrected chi connectivity index (χ2v) is 5.57. The number of carbonyl (C=O) groups is 1. The summed E-state index contributed by atoms with van der Waals surface area (Å²) >= 11 is 0. The summed E-state index contributed by atoms with van der Waals surface area (Å²) in [6, 6.07) is 7.99. The first-order valence-electron chi connectivity index (χ1n) is 6.06. The van der Waals surface area contributed by atoms with Gasteiger partial charge in [-0.3, -0.25) is 4.79 Å². The van der Waals surface area contributed by atoms with Crippen LogP contribution < -0.4 is 4.74 Å². The molecular formula is C15H22O2. The van der Waals surface area contributed by atoms with Crippen LogP contribution in [0.3, 0.4) is 0 Å². The molecule has 0 amide bonds. The van der Waals surface area contributed by atoms with E-state index in [0.717, 1.165) is 12.2 Å². The standard InChI is InChI=1S/C15H22O2/c1-11(12(2)16)10-13-6-8-14(9-7-13)17-15(3,4)5/h6-9,11H,10H2,1-5H3/t11-/m0/s1. The average Bonchev–Trinajstić information content (AvgIpc) is 2.18. The molecule has 0 aliphatic rings. The average molecular weight is 234 g/mol. The van der Waals surface area contributed by atoms with Crippen LogP contribution in [0.5, 0.6) is 5.75 Å². The van der Waals surface area contributed by atoms with E-state index < -0.39 is 0 Å². The van der Waals surface area contributed by atoms with Gasteiger partial charge in [0.2, 0.25) is 0 Å². The number of ketones is 1. The Morgan fingerprint density at radius 3 is 2.18 bits per heavy atom. The molecule has 1 aromatic rings. The maximum absolute atomic E-state index is 11.2. The number of benzene rings is 1. The van der Waals surface area contributed by atoms with Crippen LogP contribution in [0.2, 0.25) is 0 Å². The van der Waals surface area contributed by atoms with Crippen molar-refractivity contribution in [3.05, 3.63) is 29.8 Å². The molecule has 0 aliphatic heterocycles. The van der Waals surface area contributed by atoms with Crippen molar-refractivity contribution in [2.75, 3.05) is 0 Å². The zero-order valence-corrected chi connectivity index (χ0v) is 11.4. The molecule has 0 radical (unpaired) electrons. The molecule has 2 heteroatoms. The third kappa shape index (κ3) is 5.03. The molecule has 94 valence electrons. The minimum Gasteiger partial charge on any atom is -0.488 e. The Hall–Kier alpha value is -1.31. The predicted octanol–water partition coefficient (Wildman–Crippen LogP) is 3.63. The highest BCUT2D eigenvalue weighted by Gasteiger charge is 2.12. The number of carbonyl (C=O) groups excluding carboxylic acids is 1. The smallest absolute Gasteiger partial charge is 0.132 e. The molecule has 0 heterocycles. The zero-order valence-electron chi connectivity index (χ0n) is 11.4. The monoisotopic (exact) mass is 234 g/mol. The lowest BCUT2D eigenvalue weighted by atomic mass is 9.98. The van der Waals surface area contributed by atoms with Gasteiger partial charge in [-0.1, -0.05) is 19.1 Å². The normalized spacial score (nSPS) is 13.2. The summed E-state index contributed by atoms with van der Waals surface area (Å²) < 4.78 is 5.74. The highest BCUT2D eigenvalue weighted by atomic mass is 16.5. The number of hydrogen-bond acceptors (Lipinski definition) is 2. The van der Waals surface area contributed by atoms with Crippen molar-refractivity contribution in [3.63, 3.8) is 0 Å². The topological polar surface area (TPSA) is 26.3 Å². The molecule has 0 unspecified atom stereocenters. The lowest BCUT2D eigenvalue weighted by Gasteiger charge is -2.21. The Bertz CT molecular complexity index is 371. The summed E-state index contributed by atoms with van der Waals surface area (Å²) in [6.07, 6.45) is 0.797. The van der Waals surface area contributed by atoms with E-state index in [-0.39, 0.29) is 17.3 Å². The molecule has 1 atom stereocenters. The van der Waals surface area contributed by atoms with Crippen molar-refractivity contribution in [3.8, 4) is 5.75 Å². The van der Waals surface area contributed by atoms with E-state index in [1.165, 1.54) is 5.56 Å². The predicted molar refractivity (Wildman–Crippen MR) is 70.4 cm³/mol. The van der Waals surface area contributed by atoms with E-state index in [1.54, 1.807) is 6.92 Å². The van der Waals surface area contributed by atoms with Crippen molar-refractivity contribution in [1.82, 2.24) is 0 Å². The lowest BCUT2D eigenvalue weighted by molar-refractivity contribution is -0.120. The third-order valence-corrected chi connectivity index (χ3v) is 2.58. The summed E-state index contributed by atoms with van der Waals surface area (Å²) in [6.45, 7) is 9.68. The largest absolute Gasteiger partial charge is 0.488 e. The quantitative estimate of drug-likeness (QED) is 0.795. The molecule has 0 spiro atoms. The summed E-state index contributed by atoms with van der Waals surface area (Å²) in [5.74, 6) is 1.20. The molecule has 0 aliphatic carbocycles. The van der Waals surface area contributed by atoms with Crippen LogP contribution in [0.1, 0.15) is 40.2 Å². The van der Waals surface area contributed by atoms with Crippen LogP contribution in [0.25, 0.3) is 0 Å². The second kappa shape index (κ2) is 5.35. The van der Waals surface area contributed by atoms with Gasteiger partial charge >= 0.3 is 0 Å². The van der Waals surface area contributed by atoms with E-state index in [2.05, 4.69) is 0 Å². The van der Waals surface area contributed by atoms with Crippen LogP contribution in [0.4, 0.5) is 0 Å². The first-order chi connectivity index (χ1) is 7.78. The summed E-state index contributed by atoms with van der Waals surface area (Å²) in [4.78, 5) is 11.2. The second-order valence-electron chi connectivity index (χ2n) is 5.57. The van der Waals surface area contributed by atoms with E-state index in [0.29, 0.717) is 0 Å². The fraction of sp³-hybridized carbons (Fsp3) is 0.533. The Balaban J connectivity index is 2.65. The van der Waals surface area contributed by atoms with Gasteiger partial charge in [-0.15, -0.1) is 0 Å². The molecule has 1 rings (SSSR count). The Morgan fingerprint density at radius 1 is 1.24 bits per heavy atom. The van der Waals surface area contributed by atoms with Crippen LogP contribution in [-0.2, 0) is 11.2 Å². The van der Waals surface area contributed by atoms with Crippen LogP contribution in [0.15, 0.2) is 24.3 Å². The van der Waals surface area contributed by atoms with E-state index in [4.69, 9.17) is 4.74 Å². The Morgan fingerprint density at radius 2 is 1.76 bits per heavy atom. The van der Waals surface area contributed by atoms with Gasteiger partial charge in [0.25, 0.3) is 0 Å². The van der Waals surface area contributed by atoms with Crippen molar-refractivity contribution in [1.29, 1.82) is 0 Å². The maximum Gasteiger partial charge on any atom is 0.132 e. The van der Waals surface area contributed by atoms with Gasteiger partial charge in [0.05, 0.1) is 0 Å². The highest BCUT2D eigenvalue weighted by molar-refractivity contribution is 5.78. The van der Waals surface area contributed by atoms with Crippen molar-refractivity contribution in [2.24, 2.45) is 5.92 Å². The number of hydrogen-bond donors (Lipinski definition) is 0. The van der Waals surface area contributed by atoms with Gasteiger partial charge in [0.15, 0.2) is 0 Å². The molecule has 0 bridgehead atoms. The van der Waals surface area contributed by atoms with E-state index >= 15 is 0 Å². The van der Waals surface area contributed by atoms with E-state index in [1.807, 2.05) is 52.0 Å². The Kier molecular flexibility index (Phi) is 4.33. The zero-order chi connectivity index (χ0) is 13.1. The van der Waals surface area contributed by atoms with Crippen molar-refractivity contribution in [2.45, 2.75) is 46.6 Å². The summed E-state index contributed by atoms with van der Waals surface area (Å²) in [5, 5.41) is 0. The SMILES string of the molecule is CC(=O)[C@@H](C)Cc1ccc(OC(C)(C)C)cc1. The third-order valence-electron chi connectivity index (χ3n) is 2.58. The number of rotatable bonds is 4. The molecule has 17 heavy (non-hydrogen) atoms. The molecule has 1 aromatic carbocycles. The van der Waals surface area contributed by atoms with Crippen LogP contribution in [-0.4, -0.2) is 11.4 Å². The van der Waals surface area contributed by atoms with Crippen molar-refractivity contribution < 1.29 is 9.53 Å². The number of ether oxygens (including phenoxy) is 1. The van der Waals surface area contributed by atoms with E-state index in [9.17, 15) is 4.79 Å². The molecule has 2 nitrogen and oxygen atoms in total. The summed E-state index contributed by atoms with van der Waals surface area (Å²) in [7, 11) is 0. The number of Topliss-reactive ketones (excluding diaryl/α,β-unsaturated/α-hetero) is 1. The molecule has 0 saturated heterocycles. The summed E-state index contributed by atoms with van der Waals surface area (Å²) in [5.41, 5.74) is 1.00. The van der Waals surface area contributed by atoms with Gasteiger partial charge in [0, 0.05) is 5.92 Å². The lowest BCUT2D eigenvalue weighted by Crippen LogP contribution is -2.22. The van der Waals surface area contributed by atoms with Crippen molar-refractivity contribution >= 4 is 5.78 Å². The fourth-order valence-electron chi connectivity index (χ4n) is 1.54. The first-order valence-corrected chi connectivity index (χ1v) is 6.06. The minimum absolute atomic E-state index is 0.0874. The molecule has 0 fully saturated rings.